The molecule has 1 fully saturated rings. The molecule has 1 aromatic carbocycles. The van der Waals surface area contributed by atoms with Crippen LogP contribution in [0.15, 0.2) is 30.3 Å². The van der Waals surface area contributed by atoms with Gasteiger partial charge in [-0.15, -0.1) is 0 Å². The Kier molecular flexibility index (Phi) is 2.78. The highest BCUT2D eigenvalue weighted by atomic mass is 16.6. The monoisotopic (exact) mass is 235 g/mol. The molecule has 1 N–H and O–H groups in total. The minimum absolute atomic E-state index is 0.343. The molecule has 6 heteroatoms. The molecule has 1 atom stereocenters. The summed E-state index contributed by atoms with van der Waals surface area (Å²) in [7, 11) is 0. The van der Waals surface area contributed by atoms with E-state index in [0.717, 1.165) is 4.90 Å². The highest BCUT2D eigenvalue weighted by Crippen LogP contribution is 2.24. The maximum absolute atomic E-state index is 11.3. The molecule has 0 bridgehead atoms. The largest absolute Gasteiger partial charge is 0.479 e. The smallest absolute Gasteiger partial charge is 0.419 e. The molecule has 88 valence electrons. The zero-order valence-electron chi connectivity index (χ0n) is 8.70. The summed E-state index contributed by atoms with van der Waals surface area (Å²) in [5, 5.41) is 9.13. The Balaban J connectivity index is 2.34. The van der Waals surface area contributed by atoms with E-state index in [-0.39, 0.29) is 6.54 Å². The number of benzene rings is 1. The molecule has 1 aromatic rings. The molecule has 17 heavy (non-hydrogen) atoms. The predicted molar refractivity (Wildman–Crippen MR) is 55.0 cm³/mol. The van der Waals surface area contributed by atoms with Crippen molar-refractivity contribution in [1.82, 2.24) is 4.90 Å². The van der Waals surface area contributed by atoms with Gasteiger partial charge >= 0.3 is 18.0 Å². The molecule has 1 saturated heterocycles. The number of ether oxygens (including phenoxy) is 1. The summed E-state index contributed by atoms with van der Waals surface area (Å²) in [6.07, 6.45) is -0.925. The Bertz CT molecular complexity index is 470. The van der Waals surface area contributed by atoms with E-state index < -0.39 is 24.1 Å². The minimum atomic E-state index is -1.21. The number of hydrogen-bond donors (Lipinski definition) is 1. The van der Waals surface area contributed by atoms with Crippen molar-refractivity contribution < 1.29 is 24.2 Å². The van der Waals surface area contributed by atoms with Crippen molar-refractivity contribution in [2.75, 3.05) is 6.54 Å². The van der Waals surface area contributed by atoms with Crippen LogP contribution in [0.25, 0.3) is 0 Å². The van der Waals surface area contributed by atoms with Gasteiger partial charge in [0.15, 0.2) is 6.04 Å². The number of cyclic esters (lactones) is 2. The fraction of sp³-hybridized carbons (Fsp3) is 0.182. The molecule has 1 aliphatic heterocycles. The van der Waals surface area contributed by atoms with Crippen molar-refractivity contribution in [3.8, 4) is 0 Å². The van der Waals surface area contributed by atoms with Gasteiger partial charge in [0.2, 0.25) is 0 Å². The maximum atomic E-state index is 11.3. The molecule has 0 aromatic heterocycles. The summed E-state index contributed by atoms with van der Waals surface area (Å²) in [5.74, 6) is -1.94. The van der Waals surface area contributed by atoms with Gasteiger partial charge in [-0.3, -0.25) is 4.90 Å². The van der Waals surface area contributed by atoms with Crippen LogP contribution in [-0.4, -0.2) is 34.6 Å². The van der Waals surface area contributed by atoms with Crippen LogP contribution in [0, 0.1) is 0 Å². The van der Waals surface area contributed by atoms with E-state index in [1.54, 1.807) is 30.3 Å². The second kappa shape index (κ2) is 4.25. The third-order valence-electron chi connectivity index (χ3n) is 2.40. The number of hydrogen-bond acceptors (Lipinski definition) is 4. The van der Waals surface area contributed by atoms with Crippen LogP contribution < -0.4 is 0 Å². The quantitative estimate of drug-likeness (QED) is 0.618. The molecule has 1 unspecified atom stereocenters. The number of carboxylic acids is 1. The fourth-order valence-electron chi connectivity index (χ4n) is 1.68. The third-order valence-corrected chi connectivity index (χ3v) is 2.40. The molecular formula is C11H9NO5. The SMILES string of the molecule is O=C1CN(C(C(=O)O)c2ccccc2)C(=O)O1. The van der Waals surface area contributed by atoms with Crippen LogP contribution in [0.4, 0.5) is 4.79 Å². The van der Waals surface area contributed by atoms with Gasteiger partial charge in [0.25, 0.3) is 0 Å². The molecule has 0 radical (unpaired) electrons. The maximum Gasteiger partial charge on any atom is 0.419 e. The van der Waals surface area contributed by atoms with Crippen LogP contribution in [-0.2, 0) is 14.3 Å². The first-order valence-electron chi connectivity index (χ1n) is 4.88. The summed E-state index contributed by atoms with van der Waals surface area (Å²) in [4.78, 5) is 34.3. The van der Waals surface area contributed by atoms with Gasteiger partial charge in [-0.2, -0.15) is 0 Å². The number of aliphatic carboxylic acids is 1. The number of carbonyl (C=O) groups excluding carboxylic acids is 2. The van der Waals surface area contributed by atoms with Crippen molar-refractivity contribution in [2.45, 2.75) is 6.04 Å². The zero-order valence-corrected chi connectivity index (χ0v) is 8.70. The van der Waals surface area contributed by atoms with E-state index in [2.05, 4.69) is 4.74 Å². The van der Waals surface area contributed by atoms with Gasteiger partial charge < -0.3 is 9.84 Å². The summed E-state index contributed by atoms with van der Waals surface area (Å²) in [6.45, 7) is -0.343. The number of rotatable bonds is 3. The van der Waals surface area contributed by atoms with Crippen LogP contribution in [0.2, 0.25) is 0 Å². The van der Waals surface area contributed by atoms with Gasteiger partial charge in [0, 0.05) is 0 Å². The van der Waals surface area contributed by atoms with E-state index in [1.807, 2.05) is 0 Å². The topological polar surface area (TPSA) is 83.9 Å². The van der Waals surface area contributed by atoms with Crippen LogP contribution in [0.3, 0.4) is 0 Å². The van der Waals surface area contributed by atoms with Gasteiger partial charge in [-0.1, -0.05) is 30.3 Å². The molecule has 2 rings (SSSR count). The second-order valence-corrected chi connectivity index (χ2v) is 3.52. The van der Waals surface area contributed by atoms with Crippen molar-refractivity contribution >= 4 is 18.0 Å². The number of nitrogens with zero attached hydrogens (tertiary/aromatic N) is 1. The highest BCUT2D eigenvalue weighted by Gasteiger charge is 2.39. The molecule has 1 aliphatic rings. The van der Waals surface area contributed by atoms with E-state index in [0.29, 0.717) is 5.56 Å². The van der Waals surface area contributed by atoms with Crippen molar-refractivity contribution in [3.05, 3.63) is 35.9 Å². The van der Waals surface area contributed by atoms with Crippen LogP contribution in [0.5, 0.6) is 0 Å². The van der Waals surface area contributed by atoms with Crippen LogP contribution in [0.1, 0.15) is 11.6 Å². The summed E-state index contributed by atoms with van der Waals surface area (Å²) in [5.41, 5.74) is 0.423. The first-order valence-corrected chi connectivity index (χ1v) is 4.88. The Morgan fingerprint density at radius 3 is 2.41 bits per heavy atom. The standard InChI is InChI=1S/C11H9NO5/c13-8-6-12(11(16)17-8)9(10(14)15)7-4-2-1-3-5-7/h1-5,9H,6H2,(H,14,15). The third kappa shape index (κ3) is 2.10. The first kappa shape index (κ1) is 11.1. The Morgan fingerprint density at radius 2 is 1.94 bits per heavy atom. The predicted octanol–water partition coefficient (Wildman–Crippen LogP) is 0.791. The lowest BCUT2D eigenvalue weighted by molar-refractivity contribution is -0.142. The molecule has 1 heterocycles. The Hall–Kier alpha value is -2.37. The molecular weight excluding hydrogens is 226 g/mol. The molecule has 6 nitrogen and oxygen atoms in total. The number of amides is 1. The number of esters is 1. The van der Waals surface area contributed by atoms with Crippen LogP contribution >= 0.6 is 0 Å². The van der Waals surface area contributed by atoms with Crippen molar-refractivity contribution in [3.63, 3.8) is 0 Å². The van der Waals surface area contributed by atoms with E-state index in [9.17, 15) is 14.4 Å². The van der Waals surface area contributed by atoms with E-state index in [4.69, 9.17) is 5.11 Å². The Labute approximate surface area is 96.4 Å². The zero-order chi connectivity index (χ0) is 12.4. The average Bonchev–Trinajstić information content (AvgIpc) is 2.59. The average molecular weight is 235 g/mol. The molecule has 0 aliphatic carbocycles. The first-order chi connectivity index (χ1) is 8.09. The summed E-state index contributed by atoms with van der Waals surface area (Å²) < 4.78 is 4.31. The normalized spacial score (nSPS) is 16.8. The lowest BCUT2D eigenvalue weighted by Gasteiger charge is -2.20. The van der Waals surface area contributed by atoms with Crippen molar-refractivity contribution in [2.24, 2.45) is 0 Å². The number of carboxylic acid groups (broad SMARTS) is 1. The lowest BCUT2D eigenvalue weighted by atomic mass is 10.1. The van der Waals surface area contributed by atoms with E-state index in [1.165, 1.54) is 0 Å². The highest BCUT2D eigenvalue weighted by molar-refractivity contribution is 5.95. The van der Waals surface area contributed by atoms with Gasteiger partial charge in [0.1, 0.15) is 6.54 Å². The molecule has 0 saturated carbocycles. The van der Waals surface area contributed by atoms with Gasteiger partial charge in [-0.05, 0) is 5.56 Å². The van der Waals surface area contributed by atoms with Gasteiger partial charge in [0.05, 0.1) is 0 Å². The lowest BCUT2D eigenvalue weighted by Crippen LogP contribution is -2.35. The van der Waals surface area contributed by atoms with E-state index >= 15 is 0 Å². The Morgan fingerprint density at radius 1 is 1.29 bits per heavy atom. The fourth-order valence-corrected chi connectivity index (χ4v) is 1.68. The summed E-state index contributed by atoms with van der Waals surface area (Å²) >= 11 is 0. The second-order valence-electron chi connectivity index (χ2n) is 3.52. The van der Waals surface area contributed by atoms with Crippen molar-refractivity contribution in [1.29, 1.82) is 0 Å². The minimum Gasteiger partial charge on any atom is -0.479 e. The van der Waals surface area contributed by atoms with Gasteiger partial charge in [-0.25, -0.2) is 14.4 Å². The molecule has 1 amide bonds. The molecule has 0 spiro atoms. The number of carbonyl (C=O) groups is 3. The summed E-state index contributed by atoms with van der Waals surface area (Å²) in [6, 6.07) is 7.01.